The topological polar surface area (TPSA) is 39.3 Å². The molecule has 1 aliphatic heterocycles. The van der Waals surface area contributed by atoms with E-state index in [1.54, 1.807) is 6.20 Å². The summed E-state index contributed by atoms with van der Waals surface area (Å²) in [7, 11) is 4.18. The Morgan fingerprint density at radius 1 is 1.65 bits per heavy atom. The van der Waals surface area contributed by atoms with Crippen LogP contribution in [-0.2, 0) is 0 Å². The lowest BCUT2D eigenvalue weighted by molar-refractivity contribution is 0.0934. The number of likely N-dealkylation sites (N-methyl/N-ethyl adjacent to an activating group) is 1. The average Bonchev–Trinajstić information content (AvgIpc) is 2.89. The number of ketones is 1. The van der Waals surface area contributed by atoms with Crippen LogP contribution in [0.4, 0.5) is 0 Å². The zero-order valence-electron chi connectivity index (χ0n) is 10.6. The van der Waals surface area contributed by atoms with E-state index in [0.717, 1.165) is 13.1 Å². The van der Waals surface area contributed by atoms with Crippen molar-refractivity contribution in [3.63, 3.8) is 0 Å². The van der Waals surface area contributed by atoms with Gasteiger partial charge in [-0.1, -0.05) is 0 Å². The maximum absolute atomic E-state index is 11.9. The monoisotopic (exact) mass is 235 g/mol. The van der Waals surface area contributed by atoms with E-state index >= 15 is 0 Å². The quantitative estimate of drug-likeness (QED) is 0.776. The molecule has 0 radical (unpaired) electrons. The number of hydrogen-bond acceptors (Lipinski definition) is 3. The van der Waals surface area contributed by atoms with E-state index in [0.29, 0.717) is 18.2 Å². The van der Waals surface area contributed by atoms with Crippen molar-refractivity contribution in [1.82, 2.24) is 14.8 Å². The molecule has 1 aromatic heterocycles. The molecule has 1 atom stereocenters. The lowest BCUT2D eigenvalue weighted by Gasteiger charge is -2.19. The second kappa shape index (κ2) is 5.47. The van der Waals surface area contributed by atoms with Gasteiger partial charge in [-0.25, -0.2) is 0 Å². The van der Waals surface area contributed by atoms with Crippen molar-refractivity contribution in [3.05, 3.63) is 24.0 Å². The van der Waals surface area contributed by atoms with Gasteiger partial charge in [0.15, 0.2) is 5.78 Å². The van der Waals surface area contributed by atoms with Crippen molar-refractivity contribution >= 4 is 5.78 Å². The minimum absolute atomic E-state index is 0.170. The van der Waals surface area contributed by atoms with Crippen LogP contribution in [-0.4, -0.2) is 60.8 Å². The maximum Gasteiger partial charge on any atom is 0.192 e. The van der Waals surface area contributed by atoms with Gasteiger partial charge in [-0.2, -0.15) is 0 Å². The van der Waals surface area contributed by atoms with E-state index in [1.165, 1.54) is 13.0 Å². The molecule has 0 aromatic carbocycles. The van der Waals surface area contributed by atoms with Crippen LogP contribution in [0.1, 0.15) is 16.9 Å². The third kappa shape index (κ3) is 3.41. The summed E-state index contributed by atoms with van der Waals surface area (Å²) in [6, 6.07) is 3.69. The Bertz CT molecular complexity index is 361. The van der Waals surface area contributed by atoms with E-state index in [9.17, 15) is 4.79 Å². The minimum Gasteiger partial charge on any atom is -0.359 e. The molecule has 1 aromatic rings. The highest BCUT2D eigenvalue weighted by molar-refractivity contribution is 5.95. The van der Waals surface area contributed by atoms with E-state index in [2.05, 4.69) is 21.8 Å². The first kappa shape index (κ1) is 12.3. The van der Waals surface area contributed by atoms with Crippen LogP contribution in [0.15, 0.2) is 18.3 Å². The molecule has 1 aliphatic rings. The third-order valence-corrected chi connectivity index (χ3v) is 3.37. The molecule has 1 saturated heterocycles. The van der Waals surface area contributed by atoms with Crippen molar-refractivity contribution < 1.29 is 4.79 Å². The number of aromatic nitrogens is 1. The van der Waals surface area contributed by atoms with Crippen LogP contribution >= 0.6 is 0 Å². The Hall–Kier alpha value is -1.13. The number of carbonyl (C=O) groups is 1. The first-order valence-electron chi connectivity index (χ1n) is 6.19. The molecule has 2 rings (SSSR count). The molecular weight excluding hydrogens is 214 g/mol. The van der Waals surface area contributed by atoms with Gasteiger partial charge >= 0.3 is 0 Å². The van der Waals surface area contributed by atoms with Crippen LogP contribution in [0.5, 0.6) is 0 Å². The molecule has 0 spiro atoms. The van der Waals surface area contributed by atoms with E-state index in [-0.39, 0.29) is 5.78 Å². The van der Waals surface area contributed by atoms with Crippen LogP contribution in [0.25, 0.3) is 0 Å². The Kier molecular flexibility index (Phi) is 3.97. The summed E-state index contributed by atoms with van der Waals surface area (Å²) >= 11 is 0. The van der Waals surface area contributed by atoms with Crippen molar-refractivity contribution in [2.75, 3.05) is 40.3 Å². The highest BCUT2D eigenvalue weighted by Crippen LogP contribution is 2.15. The summed E-state index contributed by atoms with van der Waals surface area (Å²) in [5, 5.41) is 0. The Balaban J connectivity index is 1.77. The van der Waals surface area contributed by atoms with Crippen LogP contribution < -0.4 is 0 Å². The van der Waals surface area contributed by atoms with Gasteiger partial charge in [0.25, 0.3) is 0 Å². The molecule has 1 N–H and O–H groups in total. The van der Waals surface area contributed by atoms with Gasteiger partial charge in [0.05, 0.1) is 12.2 Å². The molecule has 0 amide bonds. The number of hydrogen-bond donors (Lipinski definition) is 1. The van der Waals surface area contributed by atoms with Gasteiger partial charge < -0.3 is 9.88 Å². The second-order valence-corrected chi connectivity index (χ2v) is 5.12. The number of aromatic amines is 1. The van der Waals surface area contributed by atoms with E-state index in [1.807, 2.05) is 19.2 Å². The predicted octanol–water partition coefficient (Wildman–Crippen LogP) is 1.08. The average molecular weight is 235 g/mol. The molecular formula is C13H21N3O. The molecule has 2 heterocycles. The van der Waals surface area contributed by atoms with Crippen molar-refractivity contribution in [1.29, 1.82) is 0 Å². The fraction of sp³-hybridized carbons (Fsp3) is 0.615. The lowest BCUT2D eigenvalue weighted by Crippen LogP contribution is -2.32. The molecule has 0 saturated carbocycles. The van der Waals surface area contributed by atoms with Crippen molar-refractivity contribution in [3.8, 4) is 0 Å². The zero-order chi connectivity index (χ0) is 12.3. The first-order chi connectivity index (χ1) is 8.15. The number of H-pyrrole nitrogens is 1. The fourth-order valence-corrected chi connectivity index (χ4v) is 2.51. The molecule has 94 valence electrons. The SMILES string of the molecule is CN1CCC(CN(C)CC(=O)c2ccc[nH]2)C1. The molecule has 4 heteroatoms. The normalized spacial score (nSPS) is 21.2. The molecule has 1 fully saturated rings. The van der Waals surface area contributed by atoms with Gasteiger partial charge in [-0.15, -0.1) is 0 Å². The number of nitrogens with zero attached hydrogens (tertiary/aromatic N) is 2. The molecule has 0 aliphatic carbocycles. The van der Waals surface area contributed by atoms with Crippen LogP contribution in [0.3, 0.4) is 0 Å². The van der Waals surface area contributed by atoms with Crippen molar-refractivity contribution in [2.24, 2.45) is 5.92 Å². The molecule has 0 bridgehead atoms. The summed E-state index contributed by atoms with van der Waals surface area (Å²) in [5.41, 5.74) is 0.709. The van der Waals surface area contributed by atoms with Gasteiger partial charge in [-0.3, -0.25) is 9.69 Å². The van der Waals surface area contributed by atoms with Crippen LogP contribution in [0.2, 0.25) is 0 Å². The first-order valence-corrected chi connectivity index (χ1v) is 6.19. The minimum atomic E-state index is 0.170. The van der Waals surface area contributed by atoms with E-state index < -0.39 is 0 Å². The number of rotatable bonds is 5. The molecule has 4 nitrogen and oxygen atoms in total. The van der Waals surface area contributed by atoms with Crippen molar-refractivity contribution in [2.45, 2.75) is 6.42 Å². The van der Waals surface area contributed by atoms with Gasteiger partial charge in [0.2, 0.25) is 0 Å². The number of nitrogens with one attached hydrogen (secondary N) is 1. The number of carbonyl (C=O) groups excluding carboxylic acids is 1. The highest BCUT2D eigenvalue weighted by atomic mass is 16.1. The van der Waals surface area contributed by atoms with Gasteiger partial charge in [0, 0.05) is 19.3 Å². The highest BCUT2D eigenvalue weighted by Gasteiger charge is 2.21. The third-order valence-electron chi connectivity index (χ3n) is 3.37. The maximum atomic E-state index is 11.9. The Labute approximate surface area is 103 Å². The largest absolute Gasteiger partial charge is 0.359 e. The Morgan fingerprint density at radius 2 is 2.47 bits per heavy atom. The predicted molar refractivity (Wildman–Crippen MR) is 68.2 cm³/mol. The summed E-state index contributed by atoms with van der Waals surface area (Å²) < 4.78 is 0. The second-order valence-electron chi connectivity index (χ2n) is 5.12. The summed E-state index contributed by atoms with van der Waals surface area (Å²) in [6.45, 7) is 3.85. The summed E-state index contributed by atoms with van der Waals surface area (Å²) in [4.78, 5) is 19.3. The lowest BCUT2D eigenvalue weighted by atomic mass is 10.1. The summed E-state index contributed by atoms with van der Waals surface area (Å²) in [5.74, 6) is 0.880. The zero-order valence-corrected chi connectivity index (χ0v) is 10.6. The molecule has 17 heavy (non-hydrogen) atoms. The fourth-order valence-electron chi connectivity index (χ4n) is 2.51. The number of likely N-dealkylation sites (tertiary alicyclic amines) is 1. The summed E-state index contributed by atoms with van der Waals surface area (Å²) in [6.07, 6.45) is 3.04. The Morgan fingerprint density at radius 3 is 3.06 bits per heavy atom. The smallest absolute Gasteiger partial charge is 0.192 e. The number of Topliss-reactive ketones (excluding diaryl/α,β-unsaturated/α-hetero) is 1. The standard InChI is InChI=1S/C13H21N3O/c1-15-7-5-11(8-15)9-16(2)10-13(17)12-4-3-6-14-12/h3-4,6,11,14H,5,7-10H2,1-2H3. The van der Waals surface area contributed by atoms with Gasteiger partial charge in [0.1, 0.15) is 0 Å². The molecule has 1 unspecified atom stereocenters. The van der Waals surface area contributed by atoms with Gasteiger partial charge in [-0.05, 0) is 45.1 Å². The van der Waals surface area contributed by atoms with Crippen LogP contribution in [0, 0.1) is 5.92 Å². The van der Waals surface area contributed by atoms with E-state index in [4.69, 9.17) is 0 Å².